The summed E-state index contributed by atoms with van der Waals surface area (Å²) in [6, 6.07) is 9.07. The minimum atomic E-state index is 0.0531. The highest BCUT2D eigenvalue weighted by Gasteiger charge is 2.12. The molecule has 2 N–H and O–H groups in total. The van der Waals surface area contributed by atoms with E-state index in [1.807, 2.05) is 26.0 Å². The monoisotopic (exact) mass is 372 g/mol. The number of nitrogens with one attached hydrogen (secondary N) is 2. The predicted octanol–water partition coefficient (Wildman–Crippen LogP) is 4.12. The Kier molecular flexibility index (Phi) is 5.73. The first-order chi connectivity index (χ1) is 12.5. The van der Waals surface area contributed by atoms with Crippen LogP contribution in [0.5, 0.6) is 0 Å². The van der Waals surface area contributed by atoms with Crippen LogP contribution in [-0.2, 0) is 4.79 Å². The number of furan rings is 1. The van der Waals surface area contributed by atoms with E-state index in [1.165, 1.54) is 0 Å². The van der Waals surface area contributed by atoms with Crippen LogP contribution in [0.4, 0.5) is 5.82 Å². The molecule has 0 aliphatic heterocycles. The van der Waals surface area contributed by atoms with Gasteiger partial charge >= 0.3 is 0 Å². The van der Waals surface area contributed by atoms with Crippen LogP contribution in [0.15, 0.2) is 41.0 Å². The zero-order valence-corrected chi connectivity index (χ0v) is 15.5. The molecule has 0 fully saturated rings. The summed E-state index contributed by atoms with van der Waals surface area (Å²) in [6.45, 7) is 5.11. The van der Waals surface area contributed by atoms with Gasteiger partial charge in [0.05, 0.1) is 11.8 Å². The van der Waals surface area contributed by atoms with E-state index < -0.39 is 0 Å². The summed E-state index contributed by atoms with van der Waals surface area (Å²) in [4.78, 5) is 20.8. The van der Waals surface area contributed by atoms with Gasteiger partial charge in [0.2, 0.25) is 5.91 Å². The summed E-state index contributed by atoms with van der Waals surface area (Å²) in [7, 11) is 0. The van der Waals surface area contributed by atoms with Crippen LogP contribution in [0, 0.1) is 5.92 Å². The molecule has 7 heteroatoms. The molecule has 2 heterocycles. The van der Waals surface area contributed by atoms with E-state index in [-0.39, 0.29) is 5.91 Å². The van der Waals surface area contributed by atoms with Gasteiger partial charge in [0.15, 0.2) is 11.6 Å². The van der Waals surface area contributed by atoms with Crippen molar-refractivity contribution in [2.45, 2.75) is 20.3 Å². The van der Waals surface area contributed by atoms with Crippen molar-refractivity contribution in [2.75, 3.05) is 18.4 Å². The number of aromatic nitrogens is 2. The summed E-state index contributed by atoms with van der Waals surface area (Å²) in [6.07, 6.45) is 2.11. The molecule has 0 saturated heterocycles. The van der Waals surface area contributed by atoms with Gasteiger partial charge in [0, 0.05) is 29.9 Å². The molecule has 3 aromatic rings. The number of halogens is 1. The highest BCUT2D eigenvalue weighted by molar-refractivity contribution is 6.31. The number of hydrogen-bond donors (Lipinski definition) is 2. The molecule has 0 spiro atoms. The van der Waals surface area contributed by atoms with Crippen molar-refractivity contribution in [1.82, 2.24) is 15.3 Å². The third-order valence-corrected chi connectivity index (χ3v) is 3.97. The van der Waals surface area contributed by atoms with Crippen LogP contribution >= 0.6 is 11.6 Å². The van der Waals surface area contributed by atoms with Gasteiger partial charge in [-0.1, -0.05) is 25.4 Å². The number of anilines is 1. The Morgan fingerprint density at radius 3 is 2.81 bits per heavy atom. The standard InChI is InChI=1S/C19H21ClN4O2/c1-12(2)10-17(25)21-7-8-22-18-14-6-5-13(20)11-15(14)23-19(24-18)16-4-3-9-26-16/h3-6,9,11-12H,7-8,10H2,1-2H3,(H,21,25)(H,22,23,24). The fourth-order valence-corrected chi connectivity index (χ4v) is 2.75. The molecule has 26 heavy (non-hydrogen) atoms. The third-order valence-electron chi connectivity index (χ3n) is 3.73. The summed E-state index contributed by atoms with van der Waals surface area (Å²) in [5.74, 6) is 2.14. The van der Waals surface area contributed by atoms with E-state index in [4.69, 9.17) is 16.0 Å². The lowest BCUT2D eigenvalue weighted by atomic mass is 10.1. The predicted molar refractivity (Wildman–Crippen MR) is 103 cm³/mol. The highest BCUT2D eigenvalue weighted by Crippen LogP contribution is 2.27. The average molecular weight is 373 g/mol. The topological polar surface area (TPSA) is 80.0 Å². The lowest BCUT2D eigenvalue weighted by molar-refractivity contribution is -0.121. The summed E-state index contributed by atoms with van der Waals surface area (Å²) in [5.41, 5.74) is 0.727. The Labute approximate surface area is 157 Å². The molecule has 6 nitrogen and oxygen atoms in total. The lowest BCUT2D eigenvalue weighted by Gasteiger charge is -2.11. The molecular formula is C19H21ClN4O2. The lowest BCUT2D eigenvalue weighted by Crippen LogP contribution is -2.29. The number of benzene rings is 1. The van der Waals surface area contributed by atoms with Crippen LogP contribution < -0.4 is 10.6 Å². The van der Waals surface area contributed by atoms with Crippen LogP contribution in [0.25, 0.3) is 22.5 Å². The second-order valence-corrected chi connectivity index (χ2v) is 6.85. The van der Waals surface area contributed by atoms with Crippen molar-refractivity contribution in [3.05, 3.63) is 41.6 Å². The number of rotatable bonds is 7. The smallest absolute Gasteiger partial charge is 0.220 e. The Hall–Kier alpha value is -2.60. The number of carbonyl (C=O) groups is 1. The van der Waals surface area contributed by atoms with Crippen molar-refractivity contribution in [3.8, 4) is 11.6 Å². The van der Waals surface area contributed by atoms with Crippen molar-refractivity contribution in [2.24, 2.45) is 5.92 Å². The minimum Gasteiger partial charge on any atom is -0.461 e. The van der Waals surface area contributed by atoms with E-state index in [2.05, 4.69) is 20.6 Å². The Bertz CT molecular complexity index is 894. The van der Waals surface area contributed by atoms with Crippen molar-refractivity contribution in [3.63, 3.8) is 0 Å². The van der Waals surface area contributed by atoms with E-state index in [1.54, 1.807) is 24.5 Å². The zero-order valence-electron chi connectivity index (χ0n) is 14.8. The van der Waals surface area contributed by atoms with E-state index >= 15 is 0 Å². The maximum Gasteiger partial charge on any atom is 0.220 e. The number of hydrogen-bond acceptors (Lipinski definition) is 5. The molecule has 0 bridgehead atoms. The van der Waals surface area contributed by atoms with Gasteiger partial charge in [0.25, 0.3) is 0 Å². The third kappa shape index (κ3) is 4.52. The molecule has 0 aliphatic rings. The molecule has 136 valence electrons. The number of carbonyl (C=O) groups excluding carboxylic acids is 1. The van der Waals surface area contributed by atoms with Gasteiger partial charge in [-0.3, -0.25) is 4.79 Å². The van der Waals surface area contributed by atoms with Gasteiger partial charge < -0.3 is 15.1 Å². The first-order valence-electron chi connectivity index (χ1n) is 8.54. The van der Waals surface area contributed by atoms with Crippen LogP contribution in [0.1, 0.15) is 20.3 Å². The van der Waals surface area contributed by atoms with Crippen molar-refractivity contribution < 1.29 is 9.21 Å². The molecule has 0 unspecified atom stereocenters. The maximum atomic E-state index is 11.7. The molecule has 1 aromatic carbocycles. The van der Waals surface area contributed by atoms with Crippen LogP contribution in [0.3, 0.4) is 0 Å². The number of fused-ring (bicyclic) bond motifs is 1. The molecule has 0 aliphatic carbocycles. The fraction of sp³-hybridized carbons (Fsp3) is 0.316. The van der Waals surface area contributed by atoms with Crippen LogP contribution in [0.2, 0.25) is 5.02 Å². The Morgan fingerprint density at radius 2 is 2.08 bits per heavy atom. The average Bonchev–Trinajstić information content (AvgIpc) is 3.12. The number of amides is 1. The fourth-order valence-electron chi connectivity index (χ4n) is 2.58. The summed E-state index contributed by atoms with van der Waals surface area (Å²) in [5, 5.41) is 7.63. The summed E-state index contributed by atoms with van der Waals surface area (Å²) < 4.78 is 5.40. The minimum absolute atomic E-state index is 0.0531. The molecule has 0 radical (unpaired) electrons. The summed E-state index contributed by atoms with van der Waals surface area (Å²) >= 11 is 6.10. The second-order valence-electron chi connectivity index (χ2n) is 6.41. The molecule has 0 saturated carbocycles. The van der Waals surface area contributed by atoms with E-state index in [0.29, 0.717) is 47.9 Å². The molecule has 3 rings (SSSR count). The van der Waals surface area contributed by atoms with Gasteiger partial charge in [0.1, 0.15) is 5.82 Å². The maximum absolute atomic E-state index is 11.7. The second kappa shape index (κ2) is 8.19. The normalized spacial score (nSPS) is 11.1. The van der Waals surface area contributed by atoms with Crippen molar-refractivity contribution in [1.29, 1.82) is 0 Å². The first kappa shape index (κ1) is 18.2. The Morgan fingerprint density at radius 1 is 1.23 bits per heavy atom. The largest absolute Gasteiger partial charge is 0.461 e. The van der Waals surface area contributed by atoms with Gasteiger partial charge in [-0.15, -0.1) is 0 Å². The molecule has 2 aromatic heterocycles. The highest BCUT2D eigenvalue weighted by atomic mass is 35.5. The van der Waals surface area contributed by atoms with Crippen LogP contribution in [-0.4, -0.2) is 29.0 Å². The first-order valence-corrected chi connectivity index (χ1v) is 8.92. The number of nitrogens with zero attached hydrogens (tertiary/aromatic N) is 2. The molecular weight excluding hydrogens is 352 g/mol. The van der Waals surface area contributed by atoms with E-state index in [9.17, 15) is 4.79 Å². The molecule has 1 amide bonds. The zero-order chi connectivity index (χ0) is 18.5. The Balaban J connectivity index is 1.77. The van der Waals surface area contributed by atoms with Gasteiger partial charge in [-0.25, -0.2) is 9.97 Å². The molecule has 0 atom stereocenters. The SMILES string of the molecule is CC(C)CC(=O)NCCNc1nc(-c2ccco2)nc2cc(Cl)ccc12. The quantitative estimate of drug-likeness (QED) is 0.610. The van der Waals surface area contributed by atoms with Crippen molar-refractivity contribution >= 4 is 34.2 Å². The van der Waals surface area contributed by atoms with Gasteiger partial charge in [-0.2, -0.15) is 0 Å². The van der Waals surface area contributed by atoms with Gasteiger partial charge in [-0.05, 0) is 36.2 Å². The van der Waals surface area contributed by atoms with E-state index in [0.717, 1.165) is 10.9 Å².